The van der Waals surface area contributed by atoms with Crippen LogP contribution in [0, 0.1) is 0 Å². The molecule has 0 aliphatic carbocycles. The van der Waals surface area contributed by atoms with Crippen LogP contribution in [0.2, 0.25) is 0 Å². The molecule has 0 saturated carbocycles. The van der Waals surface area contributed by atoms with Gasteiger partial charge in [-0.1, -0.05) is 6.92 Å². The fraction of sp³-hybridized carbons (Fsp3) is 0.500. The zero-order chi connectivity index (χ0) is 11.3. The molecule has 0 unspecified atom stereocenters. The van der Waals surface area contributed by atoms with E-state index in [4.69, 9.17) is 10.2 Å². The summed E-state index contributed by atoms with van der Waals surface area (Å²) >= 11 is 1.37. The van der Waals surface area contributed by atoms with E-state index >= 15 is 0 Å². The highest BCUT2D eigenvalue weighted by Crippen LogP contribution is 2.17. The molecule has 0 radical (unpaired) electrons. The molecule has 1 aromatic rings. The molecular formula is C10H15NO3S. The van der Waals surface area contributed by atoms with Crippen molar-refractivity contribution < 1.29 is 15.0 Å². The van der Waals surface area contributed by atoms with Gasteiger partial charge in [0.2, 0.25) is 0 Å². The van der Waals surface area contributed by atoms with Gasteiger partial charge in [0.05, 0.1) is 24.1 Å². The molecule has 3 N–H and O–H groups in total. The van der Waals surface area contributed by atoms with Crippen LogP contribution in [0.15, 0.2) is 11.4 Å². The van der Waals surface area contributed by atoms with E-state index in [0.29, 0.717) is 4.88 Å². The van der Waals surface area contributed by atoms with Crippen molar-refractivity contribution in [2.24, 2.45) is 0 Å². The number of aryl methyl sites for hydroxylation is 1. The number of thiophene rings is 1. The number of amides is 1. The predicted octanol–water partition coefficient (Wildman–Crippen LogP) is 0.394. The van der Waals surface area contributed by atoms with E-state index in [1.807, 2.05) is 18.4 Å². The van der Waals surface area contributed by atoms with Gasteiger partial charge in [-0.15, -0.1) is 11.3 Å². The lowest BCUT2D eigenvalue weighted by Gasteiger charge is -2.12. The maximum atomic E-state index is 11.7. The third kappa shape index (κ3) is 3.02. The van der Waals surface area contributed by atoms with Crippen LogP contribution in [0.3, 0.4) is 0 Å². The standard InChI is InChI=1S/C10H15NO3S/c1-2-7-3-4-15-9(7)10(14)11-8(5-12)6-13/h3-4,8,12-13H,2,5-6H2,1H3,(H,11,14). The highest BCUT2D eigenvalue weighted by molar-refractivity contribution is 7.12. The van der Waals surface area contributed by atoms with Crippen LogP contribution >= 0.6 is 11.3 Å². The monoisotopic (exact) mass is 229 g/mol. The van der Waals surface area contributed by atoms with Crippen LogP contribution in [0.1, 0.15) is 22.2 Å². The zero-order valence-electron chi connectivity index (χ0n) is 8.56. The van der Waals surface area contributed by atoms with Crippen LogP contribution in [0.4, 0.5) is 0 Å². The average Bonchev–Trinajstić information content (AvgIpc) is 2.73. The highest BCUT2D eigenvalue weighted by Gasteiger charge is 2.15. The van der Waals surface area contributed by atoms with E-state index in [2.05, 4.69) is 5.32 Å². The lowest BCUT2D eigenvalue weighted by atomic mass is 10.2. The van der Waals surface area contributed by atoms with Crippen LogP contribution in [-0.4, -0.2) is 35.4 Å². The van der Waals surface area contributed by atoms with Crippen LogP contribution in [0.25, 0.3) is 0 Å². The van der Waals surface area contributed by atoms with Crippen LogP contribution in [0.5, 0.6) is 0 Å². The topological polar surface area (TPSA) is 69.6 Å². The van der Waals surface area contributed by atoms with Gasteiger partial charge < -0.3 is 15.5 Å². The van der Waals surface area contributed by atoms with Crippen molar-refractivity contribution in [1.82, 2.24) is 5.32 Å². The van der Waals surface area contributed by atoms with Crippen molar-refractivity contribution in [3.63, 3.8) is 0 Å². The second kappa shape index (κ2) is 5.85. The van der Waals surface area contributed by atoms with Gasteiger partial charge in [0, 0.05) is 0 Å². The van der Waals surface area contributed by atoms with Gasteiger partial charge in [0.25, 0.3) is 5.91 Å². The summed E-state index contributed by atoms with van der Waals surface area (Å²) in [6.07, 6.45) is 0.801. The summed E-state index contributed by atoms with van der Waals surface area (Å²) in [6.45, 7) is 1.47. The number of hydrogen-bond acceptors (Lipinski definition) is 4. The van der Waals surface area contributed by atoms with Crippen molar-refractivity contribution in [1.29, 1.82) is 0 Å². The first-order valence-electron chi connectivity index (χ1n) is 4.81. The Hall–Kier alpha value is -0.910. The molecule has 0 fully saturated rings. The summed E-state index contributed by atoms with van der Waals surface area (Å²) in [4.78, 5) is 12.3. The quantitative estimate of drug-likeness (QED) is 0.684. The van der Waals surface area contributed by atoms with Crippen molar-refractivity contribution in [2.45, 2.75) is 19.4 Å². The molecule has 0 aliphatic heterocycles. The molecule has 15 heavy (non-hydrogen) atoms. The van der Waals surface area contributed by atoms with E-state index < -0.39 is 6.04 Å². The molecule has 1 aromatic heterocycles. The zero-order valence-corrected chi connectivity index (χ0v) is 9.38. The third-order valence-electron chi connectivity index (χ3n) is 2.11. The molecule has 5 heteroatoms. The number of aliphatic hydroxyl groups excluding tert-OH is 2. The minimum Gasteiger partial charge on any atom is -0.394 e. The molecule has 1 amide bonds. The minimum absolute atomic E-state index is 0.227. The smallest absolute Gasteiger partial charge is 0.262 e. The summed E-state index contributed by atoms with van der Waals surface area (Å²) in [5.74, 6) is -0.227. The molecule has 0 aliphatic rings. The largest absolute Gasteiger partial charge is 0.394 e. The van der Waals surface area contributed by atoms with Gasteiger partial charge in [-0.3, -0.25) is 4.79 Å². The predicted molar refractivity (Wildman–Crippen MR) is 59.1 cm³/mol. The second-order valence-electron chi connectivity index (χ2n) is 3.16. The Labute approximate surface area is 92.6 Å². The molecule has 1 heterocycles. The summed E-state index contributed by atoms with van der Waals surface area (Å²) in [5.41, 5.74) is 0.993. The summed E-state index contributed by atoms with van der Waals surface area (Å²) in [7, 11) is 0. The fourth-order valence-electron chi connectivity index (χ4n) is 1.21. The maximum absolute atomic E-state index is 11.7. The summed E-state index contributed by atoms with van der Waals surface area (Å²) in [5, 5.41) is 22.1. The highest BCUT2D eigenvalue weighted by atomic mass is 32.1. The first-order chi connectivity index (χ1) is 7.22. The molecule has 0 bridgehead atoms. The number of carbonyl (C=O) groups excluding carboxylic acids is 1. The van der Waals surface area contributed by atoms with Gasteiger partial charge in [0.1, 0.15) is 0 Å². The van der Waals surface area contributed by atoms with E-state index in [9.17, 15) is 4.79 Å². The van der Waals surface area contributed by atoms with Gasteiger partial charge >= 0.3 is 0 Å². The first kappa shape index (κ1) is 12.2. The van der Waals surface area contributed by atoms with Crippen molar-refractivity contribution >= 4 is 17.2 Å². The Morgan fingerprint density at radius 1 is 1.53 bits per heavy atom. The summed E-state index contributed by atoms with van der Waals surface area (Å²) < 4.78 is 0. The van der Waals surface area contributed by atoms with Crippen molar-refractivity contribution in [3.05, 3.63) is 21.9 Å². The van der Waals surface area contributed by atoms with Gasteiger partial charge in [-0.2, -0.15) is 0 Å². The molecule has 0 aromatic carbocycles. The number of carbonyl (C=O) groups is 1. The van der Waals surface area contributed by atoms with Crippen molar-refractivity contribution in [3.8, 4) is 0 Å². The Morgan fingerprint density at radius 2 is 2.20 bits per heavy atom. The van der Waals surface area contributed by atoms with Gasteiger partial charge in [-0.05, 0) is 23.4 Å². The van der Waals surface area contributed by atoms with Gasteiger partial charge in [0.15, 0.2) is 0 Å². The van der Waals surface area contributed by atoms with E-state index in [1.165, 1.54) is 11.3 Å². The Morgan fingerprint density at radius 3 is 2.73 bits per heavy atom. The average molecular weight is 229 g/mol. The van der Waals surface area contributed by atoms with Crippen molar-refractivity contribution in [2.75, 3.05) is 13.2 Å². The normalized spacial score (nSPS) is 10.7. The molecule has 84 valence electrons. The molecule has 0 saturated heterocycles. The molecule has 0 atom stereocenters. The molecule has 1 rings (SSSR count). The number of aliphatic hydroxyl groups is 2. The molecular weight excluding hydrogens is 214 g/mol. The van der Waals surface area contributed by atoms with E-state index in [1.54, 1.807) is 0 Å². The Kier molecular flexibility index (Phi) is 4.74. The molecule has 4 nitrogen and oxygen atoms in total. The fourth-order valence-corrected chi connectivity index (χ4v) is 2.11. The SMILES string of the molecule is CCc1ccsc1C(=O)NC(CO)CO. The van der Waals surface area contributed by atoms with Crippen LogP contribution < -0.4 is 5.32 Å². The lowest BCUT2D eigenvalue weighted by molar-refractivity contribution is 0.0882. The van der Waals surface area contributed by atoms with E-state index in [0.717, 1.165) is 12.0 Å². The molecule has 0 spiro atoms. The number of nitrogens with one attached hydrogen (secondary N) is 1. The Balaban J connectivity index is 2.68. The van der Waals surface area contributed by atoms with Crippen LogP contribution in [-0.2, 0) is 6.42 Å². The minimum atomic E-state index is -0.579. The van der Waals surface area contributed by atoms with E-state index in [-0.39, 0.29) is 19.1 Å². The third-order valence-corrected chi connectivity index (χ3v) is 3.07. The summed E-state index contributed by atoms with van der Waals surface area (Å²) in [6, 6.07) is 1.33. The Bertz CT molecular complexity index is 320. The number of hydrogen-bond donors (Lipinski definition) is 3. The second-order valence-corrected chi connectivity index (χ2v) is 4.08. The lowest BCUT2D eigenvalue weighted by Crippen LogP contribution is -2.40. The van der Waals surface area contributed by atoms with Gasteiger partial charge in [-0.25, -0.2) is 0 Å². The number of rotatable bonds is 5. The maximum Gasteiger partial charge on any atom is 0.262 e. The first-order valence-corrected chi connectivity index (χ1v) is 5.69.